The Morgan fingerprint density at radius 1 is 1.25 bits per heavy atom. The van der Waals surface area contributed by atoms with Crippen molar-refractivity contribution in [2.75, 3.05) is 0 Å². The van der Waals surface area contributed by atoms with E-state index >= 15 is 0 Å². The zero-order valence-corrected chi connectivity index (χ0v) is 16.9. The maximum absolute atomic E-state index is 13.5. The summed E-state index contributed by atoms with van der Waals surface area (Å²) in [6.45, 7) is 3.31. The third-order valence-corrected chi connectivity index (χ3v) is 6.46. The first kappa shape index (κ1) is 20.9. The van der Waals surface area contributed by atoms with Crippen molar-refractivity contribution in [1.82, 2.24) is 9.78 Å². The van der Waals surface area contributed by atoms with Crippen LogP contribution in [-0.2, 0) is 33.7 Å². The standard InChI is InChI=1S/C17H24F3N3O4S/c1-16(2)9-13(22-27-16)28(24,25)10-12-14(17(18,19)20)21-23(3)15(12)26-11-7-5-4-6-8-11/h11H,4-10H2,1-3H3. The summed E-state index contributed by atoms with van der Waals surface area (Å²) in [5.74, 6) is -1.04. The number of ether oxygens (including phenoxy) is 1. The lowest BCUT2D eigenvalue weighted by Crippen LogP contribution is -2.25. The summed E-state index contributed by atoms with van der Waals surface area (Å²) in [5.41, 5.74) is -2.54. The lowest BCUT2D eigenvalue weighted by Gasteiger charge is -2.23. The molecule has 3 rings (SSSR count). The maximum atomic E-state index is 13.5. The van der Waals surface area contributed by atoms with Gasteiger partial charge in [0.25, 0.3) is 0 Å². The van der Waals surface area contributed by atoms with Gasteiger partial charge in [0.15, 0.2) is 20.6 Å². The van der Waals surface area contributed by atoms with Crippen LogP contribution < -0.4 is 4.74 Å². The first-order valence-corrected chi connectivity index (χ1v) is 10.8. The van der Waals surface area contributed by atoms with Crippen LogP contribution in [-0.4, -0.2) is 34.9 Å². The van der Waals surface area contributed by atoms with E-state index in [1.807, 2.05) is 0 Å². The lowest BCUT2D eigenvalue weighted by atomic mass is 9.98. The van der Waals surface area contributed by atoms with Gasteiger partial charge in [-0.15, -0.1) is 0 Å². The molecule has 0 bridgehead atoms. The molecule has 11 heteroatoms. The molecule has 0 N–H and O–H groups in total. The van der Waals surface area contributed by atoms with Crippen molar-refractivity contribution >= 4 is 14.9 Å². The van der Waals surface area contributed by atoms with E-state index in [4.69, 9.17) is 9.57 Å². The molecule has 0 amide bonds. The number of nitrogens with zero attached hydrogens (tertiary/aromatic N) is 3. The minimum absolute atomic E-state index is 0.00420. The first-order valence-electron chi connectivity index (χ1n) is 9.16. The van der Waals surface area contributed by atoms with Crippen LogP contribution in [0.25, 0.3) is 0 Å². The van der Waals surface area contributed by atoms with Gasteiger partial charge in [-0.1, -0.05) is 11.6 Å². The number of aromatic nitrogens is 2. The van der Waals surface area contributed by atoms with E-state index in [1.165, 1.54) is 7.05 Å². The van der Waals surface area contributed by atoms with E-state index in [-0.39, 0.29) is 23.4 Å². The zero-order valence-electron chi connectivity index (χ0n) is 16.0. The fourth-order valence-electron chi connectivity index (χ4n) is 3.44. The van der Waals surface area contributed by atoms with Crippen LogP contribution in [0.1, 0.15) is 63.6 Å². The average Bonchev–Trinajstić information content (AvgIpc) is 3.10. The summed E-state index contributed by atoms with van der Waals surface area (Å²) in [7, 11) is -2.80. The molecule has 0 saturated heterocycles. The highest BCUT2D eigenvalue weighted by molar-refractivity contribution is 8.05. The molecule has 28 heavy (non-hydrogen) atoms. The van der Waals surface area contributed by atoms with E-state index in [1.54, 1.807) is 13.8 Å². The number of hydrogen-bond donors (Lipinski definition) is 0. The summed E-state index contributed by atoms with van der Waals surface area (Å²) in [6, 6.07) is 0. The van der Waals surface area contributed by atoms with Crippen molar-refractivity contribution in [2.24, 2.45) is 12.2 Å². The topological polar surface area (TPSA) is 82.8 Å². The molecule has 0 unspecified atom stereocenters. The maximum Gasteiger partial charge on any atom is 0.435 e. The molecule has 7 nitrogen and oxygen atoms in total. The van der Waals surface area contributed by atoms with E-state index < -0.39 is 38.6 Å². The summed E-state index contributed by atoms with van der Waals surface area (Å²) in [6.07, 6.45) is -0.731. The van der Waals surface area contributed by atoms with Crippen molar-refractivity contribution in [1.29, 1.82) is 0 Å². The fraction of sp³-hybridized carbons (Fsp3) is 0.765. The van der Waals surface area contributed by atoms with Crippen LogP contribution in [0, 0.1) is 0 Å². The Balaban J connectivity index is 1.95. The van der Waals surface area contributed by atoms with Gasteiger partial charge in [-0.2, -0.15) is 18.3 Å². The molecule has 2 aliphatic rings. The van der Waals surface area contributed by atoms with Gasteiger partial charge in [-0.3, -0.25) is 0 Å². The highest BCUT2D eigenvalue weighted by Gasteiger charge is 2.43. The van der Waals surface area contributed by atoms with Crippen molar-refractivity contribution in [3.63, 3.8) is 0 Å². The van der Waals surface area contributed by atoms with Crippen LogP contribution in [0.15, 0.2) is 5.16 Å². The van der Waals surface area contributed by atoms with Crippen LogP contribution in [0.3, 0.4) is 0 Å². The molecule has 158 valence electrons. The van der Waals surface area contributed by atoms with Crippen molar-refractivity contribution in [2.45, 2.75) is 76.0 Å². The highest BCUT2D eigenvalue weighted by Crippen LogP contribution is 2.38. The van der Waals surface area contributed by atoms with Crippen LogP contribution >= 0.6 is 0 Å². The third-order valence-electron chi connectivity index (χ3n) is 4.85. The van der Waals surface area contributed by atoms with Gasteiger partial charge in [0.1, 0.15) is 11.7 Å². The van der Waals surface area contributed by atoms with Gasteiger partial charge in [-0.25, -0.2) is 13.1 Å². The molecule has 0 aromatic carbocycles. The quantitative estimate of drug-likeness (QED) is 0.739. The van der Waals surface area contributed by atoms with Crippen molar-refractivity contribution in [3.05, 3.63) is 11.3 Å². The smallest absolute Gasteiger partial charge is 0.435 e. The molecule has 1 aliphatic heterocycles. The summed E-state index contributed by atoms with van der Waals surface area (Å²) >= 11 is 0. The average molecular weight is 423 g/mol. The SMILES string of the molecule is Cn1nc(C(F)(F)F)c(CS(=O)(=O)C2=NOC(C)(C)C2)c1OC1CCCCC1. The Morgan fingerprint density at radius 2 is 1.89 bits per heavy atom. The van der Waals surface area contributed by atoms with Gasteiger partial charge < -0.3 is 9.57 Å². The molecule has 1 fully saturated rings. The Bertz CT molecular complexity index is 869. The molecule has 1 aromatic rings. The van der Waals surface area contributed by atoms with Crippen molar-refractivity contribution < 1.29 is 31.2 Å². The minimum atomic E-state index is -4.80. The third kappa shape index (κ3) is 4.44. The van der Waals surface area contributed by atoms with Gasteiger partial charge in [0, 0.05) is 13.5 Å². The second-order valence-electron chi connectivity index (χ2n) is 7.90. The Labute approximate surface area is 161 Å². The molecule has 0 atom stereocenters. The Hall–Kier alpha value is -1.78. The number of halogens is 3. The number of oxime groups is 1. The minimum Gasteiger partial charge on any atom is -0.474 e. The second-order valence-corrected chi connectivity index (χ2v) is 9.89. The normalized spacial score (nSPS) is 20.7. The van der Waals surface area contributed by atoms with E-state index in [9.17, 15) is 21.6 Å². The molecule has 0 radical (unpaired) electrons. The first-order chi connectivity index (χ1) is 12.9. The molecule has 1 aromatic heterocycles. The molecule has 1 aliphatic carbocycles. The van der Waals surface area contributed by atoms with Crippen molar-refractivity contribution in [3.8, 4) is 5.88 Å². The van der Waals surface area contributed by atoms with Gasteiger partial charge in [0.05, 0.1) is 11.3 Å². The number of rotatable bonds is 4. The zero-order chi connectivity index (χ0) is 20.7. The fourth-order valence-corrected chi connectivity index (χ4v) is 4.97. The van der Waals surface area contributed by atoms with Gasteiger partial charge in [-0.05, 0) is 39.5 Å². The van der Waals surface area contributed by atoms with Gasteiger partial charge >= 0.3 is 6.18 Å². The molecular formula is C17H24F3N3O4S. The van der Waals surface area contributed by atoms with Gasteiger partial charge in [0.2, 0.25) is 5.88 Å². The highest BCUT2D eigenvalue weighted by atomic mass is 32.2. The van der Waals surface area contributed by atoms with Crippen LogP contribution in [0.4, 0.5) is 13.2 Å². The summed E-state index contributed by atoms with van der Waals surface area (Å²) < 4.78 is 72.8. The summed E-state index contributed by atoms with van der Waals surface area (Å²) in [5, 5.41) is 6.83. The Kier molecular flexibility index (Phi) is 5.41. The number of hydrogen-bond acceptors (Lipinski definition) is 6. The largest absolute Gasteiger partial charge is 0.474 e. The number of alkyl halides is 3. The predicted octanol–water partition coefficient (Wildman–Crippen LogP) is 3.58. The second kappa shape index (κ2) is 7.23. The van der Waals surface area contributed by atoms with Crippen LogP contribution in [0.5, 0.6) is 5.88 Å². The molecule has 0 spiro atoms. The number of aryl methyl sites for hydroxylation is 1. The number of sulfone groups is 1. The molecular weight excluding hydrogens is 399 g/mol. The lowest BCUT2D eigenvalue weighted by molar-refractivity contribution is -0.141. The molecule has 1 saturated carbocycles. The van der Waals surface area contributed by atoms with E-state index in [0.29, 0.717) is 12.8 Å². The summed E-state index contributed by atoms with van der Waals surface area (Å²) in [4.78, 5) is 5.07. The molecule has 2 heterocycles. The predicted molar refractivity (Wildman–Crippen MR) is 95.6 cm³/mol. The van der Waals surface area contributed by atoms with E-state index in [2.05, 4.69) is 10.3 Å². The Morgan fingerprint density at radius 3 is 2.43 bits per heavy atom. The van der Waals surface area contributed by atoms with E-state index in [0.717, 1.165) is 23.9 Å². The van der Waals surface area contributed by atoms with Crippen LogP contribution in [0.2, 0.25) is 0 Å². The monoisotopic (exact) mass is 423 g/mol.